The van der Waals surface area contributed by atoms with E-state index in [9.17, 15) is 4.79 Å². The van der Waals surface area contributed by atoms with Gasteiger partial charge < -0.3 is 9.72 Å². The molecule has 1 unspecified atom stereocenters. The maximum atomic E-state index is 13.0. The summed E-state index contributed by atoms with van der Waals surface area (Å²) >= 11 is 1.45. The number of nitrogens with zero attached hydrogens (tertiary/aromatic N) is 2. The zero-order valence-corrected chi connectivity index (χ0v) is 15.9. The molecule has 0 aliphatic rings. The van der Waals surface area contributed by atoms with Crippen molar-refractivity contribution in [3.8, 4) is 11.4 Å². The minimum absolute atomic E-state index is 0.0812. The predicted molar refractivity (Wildman–Crippen MR) is 108 cm³/mol. The number of fused-ring (bicyclic) bond motifs is 1. The van der Waals surface area contributed by atoms with Gasteiger partial charge in [-0.15, -0.1) is 0 Å². The van der Waals surface area contributed by atoms with Crippen molar-refractivity contribution in [1.82, 2.24) is 14.5 Å². The fraction of sp³-hybridized carbons (Fsp3) is 0.143. The van der Waals surface area contributed by atoms with Gasteiger partial charge >= 0.3 is 0 Å². The summed E-state index contributed by atoms with van der Waals surface area (Å²) in [6.45, 7) is 1.92. The lowest BCUT2D eigenvalue weighted by molar-refractivity contribution is 0.0995. The van der Waals surface area contributed by atoms with Crippen LogP contribution in [0, 0.1) is 0 Å². The molecule has 1 N–H and O–H groups in total. The van der Waals surface area contributed by atoms with E-state index in [-0.39, 0.29) is 11.0 Å². The number of hydrogen-bond donors (Lipinski definition) is 1. The Hall–Kier alpha value is -2.99. The number of ether oxygens (including phenoxy) is 1. The van der Waals surface area contributed by atoms with Gasteiger partial charge in [0.1, 0.15) is 5.75 Å². The number of Topliss-reactive ketones (excluding diaryl/α,β-unsaturated/α-hetero) is 1. The number of para-hydroxylation sites is 1. The fourth-order valence-electron chi connectivity index (χ4n) is 3.04. The Morgan fingerprint density at radius 1 is 1.22 bits per heavy atom. The molecule has 0 radical (unpaired) electrons. The summed E-state index contributed by atoms with van der Waals surface area (Å²) in [5, 5.41) is 1.45. The number of benzene rings is 2. The molecule has 0 amide bonds. The predicted octanol–water partition coefficient (Wildman–Crippen LogP) is 4.73. The maximum Gasteiger partial charge on any atom is 0.178 e. The molecule has 0 aliphatic heterocycles. The van der Waals surface area contributed by atoms with Gasteiger partial charge in [0.15, 0.2) is 10.9 Å². The minimum Gasteiger partial charge on any atom is -0.497 e. The van der Waals surface area contributed by atoms with Crippen LogP contribution in [0.1, 0.15) is 17.3 Å². The van der Waals surface area contributed by atoms with Gasteiger partial charge in [0.2, 0.25) is 0 Å². The second-order valence-electron chi connectivity index (χ2n) is 6.15. The number of nitrogens with one attached hydrogen (secondary N) is 1. The molecule has 0 bridgehead atoms. The molecule has 0 aliphatic carbocycles. The molecule has 2 aromatic carbocycles. The second kappa shape index (κ2) is 7.32. The van der Waals surface area contributed by atoms with E-state index < -0.39 is 0 Å². The highest BCUT2D eigenvalue weighted by atomic mass is 32.2. The van der Waals surface area contributed by atoms with Gasteiger partial charge in [0.05, 0.1) is 18.0 Å². The van der Waals surface area contributed by atoms with Crippen LogP contribution in [-0.2, 0) is 0 Å². The molecule has 2 aromatic heterocycles. The SMILES string of the molecule is COc1cccc(-n2ccnc2SC(C)C(=O)c2c[nH]c3ccccc23)c1. The van der Waals surface area contributed by atoms with E-state index in [4.69, 9.17) is 4.74 Å². The fourth-order valence-corrected chi connectivity index (χ4v) is 3.99. The highest BCUT2D eigenvalue weighted by Crippen LogP contribution is 2.29. The van der Waals surface area contributed by atoms with Crippen LogP contribution in [-0.4, -0.2) is 32.7 Å². The summed E-state index contributed by atoms with van der Waals surface area (Å²) in [5.41, 5.74) is 2.63. The lowest BCUT2D eigenvalue weighted by Gasteiger charge is -2.12. The standard InChI is InChI=1S/C21H19N3O2S/c1-14(20(25)18-13-23-19-9-4-3-8-17(18)19)27-21-22-10-11-24(21)15-6-5-7-16(12-15)26-2/h3-14,23H,1-2H3. The summed E-state index contributed by atoms with van der Waals surface area (Å²) in [7, 11) is 1.64. The van der Waals surface area contributed by atoms with Crippen molar-refractivity contribution in [2.45, 2.75) is 17.3 Å². The number of H-pyrrole nitrogens is 1. The average Bonchev–Trinajstić information content (AvgIpc) is 3.34. The van der Waals surface area contributed by atoms with Gasteiger partial charge in [-0.2, -0.15) is 0 Å². The van der Waals surface area contributed by atoms with Crippen molar-refractivity contribution in [1.29, 1.82) is 0 Å². The molecule has 27 heavy (non-hydrogen) atoms. The zero-order chi connectivity index (χ0) is 18.8. The van der Waals surface area contributed by atoms with Crippen LogP contribution in [0.3, 0.4) is 0 Å². The van der Waals surface area contributed by atoms with Crippen LogP contribution in [0.4, 0.5) is 0 Å². The van der Waals surface area contributed by atoms with Crippen molar-refractivity contribution < 1.29 is 9.53 Å². The number of methoxy groups -OCH3 is 1. The van der Waals surface area contributed by atoms with Gasteiger partial charge in [-0.3, -0.25) is 9.36 Å². The van der Waals surface area contributed by atoms with E-state index in [0.717, 1.165) is 27.5 Å². The average molecular weight is 377 g/mol. The van der Waals surface area contributed by atoms with E-state index in [1.54, 1.807) is 19.5 Å². The number of ketones is 1. The van der Waals surface area contributed by atoms with Crippen molar-refractivity contribution in [3.63, 3.8) is 0 Å². The van der Waals surface area contributed by atoms with Crippen LogP contribution in [0.2, 0.25) is 0 Å². The van der Waals surface area contributed by atoms with E-state index >= 15 is 0 Å². The van der Waals surface area contributed by atoms with Gasteiger partial charge in [0.25, 0.3) is 0 Å². The maximum absolute atomic E-state index is 13.0. The Kier molecular flexibility index (Phi) is 4.73. The Labute approximate surface area is 161 Å². The van der Waals surface area contributed by atoms with Crippen LogP contribution in [0.15, 0.2) is 72.3 Å². The van der Waals surface area contributed by atoms with Gasteiger partial charge in [-0.25, -0.2) is 4.98 Å². The summed E-state index contributed by atoms with van der Waals surface area (Å²) in [6, 6.07) is 15.6. The number of rotatable bonds is 6. The van der Waals surface area contributed by atoms with Crippen molar-refractivity contribution >= 4 is 28.4 Å². The third-order valence-electron chi connectivity index (χ3n) is 4.44. The molecular formula is C21H19N3O2S. The Bertz CT molecular complexity index is 1100. The number of hydrogen-bond acceptors (Lipinski definition) is 4. The first-order valence-electron chi connectivity index (χ1n) is 8.62. The molecule has 0 saturated carbocycles. The smallest absolute Gasteiger partial charge is 0.178 e. The van der Waals surface area contributed by atoms with Crippen LogP contribution in [0.25, 0.3) is 16.6 Å². The molecular weight excluding hydrogens is 358 g/mol. The van der Waals surface area contributed by atoms with Gasteiger partial charge in [-0.05, 0) is 25.1 Å². The summed E-state index contributed by atoms with van der Waals surface area (Å²) in [5.74, 6) is 0.859. The van der Waals surface area contributed by atoms with Crippen molar-refractivity contribution in [2.75, 3.05) is 7.11 Å². The van der Waals surface area contributed by atoms with Crippen molar-refractivity contribution in [3.05, 3.63) is 72.7 Å². The van der Waals surface area contributed by atoms with Crippen molar-refractivity contribution in [2.24, 2.45) is 0 Å². The van der Waals surface area contributed by atoms with Crippen LogP contribution in [0.5, 0.6) is 5.75 Å². The first kappa shape index (κ1) is 17.4. The zero-order valence-electron chi connectivity index (χ0n) is 15.0. The Balaban J connectivity index is 1.59. The number of carbonyl (C=O) groups is 1. The first-order valence-corrected chi connectivity index (χ1v) is 9.50. The monoisotopic (exact) mass is 377 g/mol. The summed E-state index contributed by atoms with van der Waals surface area (Å²) in [6.07, 6.45) is 5.42. The molecule has 2 heterocycles. The largest absolute Gasteiger partial charge is 0.497 e. The first-order chi connectivity index (χ1) is 13.2. The number of aromatic nitrogens is 3. The topological polar surface area (TPSA) is 59.9 Å². The van der Waals surface area contributed by atoms with Crippen LogP contribution >= 0.6 is 11.8 Å². The lowest BCUT2D eigenvalue weighted by atomic mass is 10.1. The normalized spacial score (nSPS) is 12.2. The van der Waals surface area contributed by atoms with Gasteiger partial charge in [-0.1, -0.05) is 36.0 Å². The highest BCUT2D eigenvalue weighted by Gasteiger charge is 2.21. The van der Waals surface area contributed by atoms with E-state index in [2.05, 4.69) is 9.97 Å². The molecule has 4 aromatic rings. The number of aromatic amines is 1. The van der Waals surface area contributed by atoms with E-state index in [0.29, 0.717) is 5.56 Å². The number of thioether (sulfide) groups is 1. The molecule has 4 rings (SSSR count). The summed E-state index contributed by atoms with van der Waals surface area (Å²) in [4.78, 5) is 20.6. The van der Waals surface area contributed by atoms with Crippen LogP contribution < -0.4 is 4.74 Å². The molecule has 0 saturated heterocycles. The summed E-state index contributed by atoms with van der Waals surface area (Å²) < 4.78 is 7.27. The number of imidazole rings is 1. The van der Waals surface area contributed by atoms with E-state index in [1.807, 2.05) is 66.2 Å². The lowest BCUT2D eigenvalue weighted by Crippen LogP contribution is -2.14. The Morgan fingerprint density at radius 3 is 2.93 bits per heavy atom. The van der Waals surface area contributed by atoms with E-state index in [1.165, 1.54) is 11.8 Å². The molecule has 136 valence electrons. The highest BCUT2D eigenvalue weighted by molar-refractivity contribution is 8.00. The van der Waals surface area contributed by atoms with Gasteiger partial charge in [0, 0.05) is 41.1 Å². The minimum atomic E-state index is -0.268. The number of carbonyl (C=O) groups excluding carboxylic acids is 1. The Morgan fingerprint density at radius 2 is 2.07 bits per heavy atom. The molecule has 6 heteroatoms. The molecule has 5 nitrogen and oxygen atoms in total. The third kappa shape index (κ3) is 3.36. The molecule has 0 spiro atoms. The quantitative estimate of drug-likeness (QED) is 0.390. The molecule has 0 fully saturated rings. The molecule has 1 atom stereocenters. The third-order valence-corrected chi connectivity index (χ3v) is 5.52. The second-order valence-corrected chi connectivity index (χ2v) is 7.46.